The molecule has 1 aliphatic rings. The van der Waals surface area contributed by atoms with E-state index in [4.69, 9.17) is 9.47 Å². The fourth-order valence-electron chi connectivity index (χ4n) is 3.95. The van der Waals surface area contributed by atoms with E-state index >= 15 is 0 Å². The number of hydrogen-bond donors (Lipinski definition) is 1. The number of anilines is 1. The monoisotopic (exact) mass is 510 g/mol. The van der Waals surface area contributed by atoms with Gasteiger partial charge in [-0.1, -0.05) is 36.4 Å². The second-order valence-corrected chi connectivity index (χ2v) is 9.00. The van der Waals surface area contributed by atoms with Gasteiger partial charge in [-0.3, -0.25) is 4.79 Å². The molecule has 4 rings (SSSR count). The number of nitrogens with one attached hydrogen (secondary N) is 1. The van der Waals surface area contributed by atoms with Gasteiger partial charge in [0.25, 0.3) is 5.91 Å². The van der Waals surface area contributed by atoms with Gasteiger partial charge in [0, 0.05) is 25.6 Å². The lowest BCUT2D eigenvalue weighted by atomic mass is 10.0. The zero-order chi connectivity index (χ0) is 25.5. The maximum atomic E-state index is 14.7. The molecule has 0 spiro atoms. The van der Waals surface area contributed by atoms with Crippen LogP contribution in [-0.4, -0.2) is 61.5 Å². The summed E-state index contributed by atoms with van der Waals surface area (Å²) in [6.07, 6.45) is 0.374. The van der Waals surface area contributed by atoms with Crippen LogP contribution in [0.15, 0.2) is 71.1 Å². The van der Waals surface area contributed by atoms with E-state index in [9.17, 15) is 14.0 Å². The van der Waals surface area contributed by atoms with Gasteiger partial charge >= 0.3 is 6.03 Å². The van der Waals surface area contributed by atoms with Crippen LogP contribution in [0.1, 0.15) is 22.9 Å². The van der Waals surface area contributed by atoms with Gasteiger partial charge in [0.15, 0.2) is 0 Å². The lowest BCUT2D eigenvalue weighted by Crippen LogP contribution is -2.44. The summed E-state index contributed by atoms with van der Waals surface area (Å²) < 4.78 is 25.2. The highest BCUT2D eigenvalue weighted by molar-refractivity contribution is 7.12. The molecule has 1 unspecified atom stereocenters. The van der Waals surface area contributed by atoms with Crippen molar-refractivity contribution >= 4 is 34.7 Å². The molecule has 3 aromatic rings. The summed E-state index contributed by atoms with van der Waals surface area (Å²) in [5.74, 6) is -0.345. The molecule has 0 fully saturated rings. The van der Waals surface area contributed by atoms with Crippen molar-refractivity contribution in [1.82, 2.24) is 9.91 Å². The number of benzene rings is 2. The zero-order valence-electron chi connectivity index (χ0n) is 20.0. The normalized spacial score (nSPS) is 14.9. The second kappa shape index (κ2) is 11.8. The van der Waals surface area contributed by atoms with Gasteiger partial charge < -0.3 is 19.7 Å². The topological polar surface area (TPSA) is 83.5 Å². The molecule has 0 aliphatic carbocycles. The number of halogens is 1. The molecule has 10 heteroatoms. The summed E-state index contributed by atoms with van der Waals surface area (Å²) in [6.45, 7) is 0.131. The third-order valence-corrected chi connectivity index (χ3v) is 6.68. The van der Waals surface area contributed by atoms with E-state index in [1.54, 1.807) is 42.5 Å². The van der Waals surface area contributed by atoms with Crippen molar-refractivity contribution in [3.05, 3.63) is 82.3 Å². The molecule has 3 amide bonds. The Morgan fingerprint density at radius 2 is 1.92 bits per heavy atom. The Morgan fingerprint density at radius 1 is 1.14 bits per heavy atom. The van der Waals surface area contributed by atoms with Crippen LogP contribution in [-0.2, 0) is 9.53 Å². The predicted molar refractivity (Wildman–Crippen MR) is 137 cm³/mol. The Kier molecular flexibility index (Phi) is 8.29. The van der Waals surface area contributed by atoms with Crippen LogP contribution in [0.2, 0.25) is 0 Å². The molecule has 1 aliphatic heterocycles. The van der Waals surface area contributed by atoms with E-state index in [-0.39, 0.29) is 19.7 Å². The minimum absolute atomic E-state index is 0.170. The van der Waals surface area contributed by atoms with Crippen molar-refractivity contribution < 1.29 is 23.5 Å². The first-order chi connectivity index (χ1) is 17.5. The number of hydrogen-bond acceptors (Lipinski definition) is 6. The molecule has 0 radical (unpaired) electrons. The molecule has 1 atom stereocenters. The number of hydrazone groups is 1. The van der Waals surface area contributed by atoms with E-state index in [0.717, 1.165) is 4.88 Å². The van der Waals surface area contributed by atoms with E-state index in [1.807, 2.05) is 17.5 Å². The predicted octanol–water partition coefficient (Wildman–Crippen LogP) is 4.75. The molecule has 188 valence electrons. The van der Waals surface area contributed by atoms with Crippen molar-refractivity contribution in [1.29, 1.82) is 0 Å². The van der Waals surface area contributed by atoms with E-state index in [1.165, 1.54) is 41.5 Å². The number of amides is 3. The van der Waals surface area contributed by atoms with Crippen molar-refractivity contribution in [3.8, 4) is 5.75 Å². The SMILES string of the molecule is COCCN(CC(=O)N1N=C(c2cccs2)CC1c1ccccc1F)C(=O)Nc1ccccc1OC. The number of urea groups is 1. The van der Waals surface area contributed by atoms with Crippen LogP contribution in [0.3, 0.4) is 0 Å². The third kappa shape index (κ3) is 5.72. The van der Waals surface area contributed by atoms with E-state index in [2.05, 4.69) is 10.4 Å². The fourth-order valence-corrected chi connectivity index (χ4v) is 4.67. The smallest absolute Gasteiger partial charge is 0.322 e. The van der Waals surface area contributed by atoms with Crippen LogP contribution in [0.5, 0.6) is 5.75 Å². The van der Waals surface area contributed by atoms with Crippen LogP contribution in [0.4, 0.5) is 14.9 Å². The maximum absolute atomic E-state index is 14.7. The van der Waals surface area contributed by atoms with Crippen molar-refractivity contribution in [2.75, 3.05) is 39.2 Å². The van der Waals surface area contributed by atoms with Crippen molar-refractivity contribution in [3.63, 3.8) is 0 Å². The Morgan fingerprint density at radius 3 is 2.64 bits per heavy atom. The summed E-state index contributed by atoms with van der Waals surface area (Å²) in [5, 5.41) is 10.6. The highest BCUT2D eigenvalue weighted by Gasteiger charge is 2.36. The Balaban J connectivity index is 1.58. The number of thiophene rings is 1. The Labute approximate surface area is 212 Å². The number of carbonyl (C=O) groups excluding carboxylic acids is 2. The first-order valence-corrected chi connectivity index (χ1v) is 12.3. The summed E-state index contributed by atoms with van der Waals surface area (Å²) in [6, 6.07) is 16.1. The Hall–Kier alpha value is -3.76. The fraction of sp³-hybridized carbons (Fsp3) is 0.269. The summed E-state index contributed by atoms with van der Waals surface area (Å²) >= 11 is 1.50. The van der Waals surface area contributed by atoms with Crippen LogP contribution < -0.4 is 10.1 Å². The summed E-state index contributed by atoms with van der Waals surface area (Å²) in [7, 11) is 3.03. The molecule has 1 aromatic heterocycles. The largest absolute Gasteiger partial charge is 0.495 e. The van der Waals surface area contributed by atoms with Gasteiger partial charge in [0.05, 0.1) is 36.0 Å². The first-order valence-electron chi connectivity index (χ1n) is 11.4. The van der Waals surface area contributed by atoms with Crippen molar-refractivity contribution in [2.45, 2.75) is 12.5 Å². The molecule has 1 N–H and O–H groups in total. The zero-order valence-corrected chi connectivity index (χ0v) is 20.8. The number of para-hydroxylation sites is 2. The van der Waals surface area contributed by atoms with Crippen LogP contribution >= 0.6 is 11.3 Å². The molecule has 2 aromatic carbocycles. The number of nitrogens with zero attached hydrogens (tertiary/aromatic N) is 3. The van der Waals surface area contributed by atoms with Gasteiger partial charge in [0.1, 0.15) is 18.1 Å². The number of rotatable bonds is 9. The van der Waals surface area contributed by atoms with E-state index < -0.39 is 23.8 Å². The number of carbonyl (C=O) groups is 2. The molecule has 0 bridgehead atoms. The number of methoxy groups -OCH3 is 2. The van der Waals surface area contributed by atoms with Gasteiger partial charge in [-0.2, -0.15) is 5.10 Å². The minimum Gasteiger partial charge on any atom is -0.495 e. The van der Waals surface area contributed by atoms with Crippen LogP contribution in [0.25, 0.3) is 0 Å². The third-order valence-electron chi connectivity index (χ3n) is 5.76. The van der Waals surface area contributed by atoms with Gasteiger partial charge in [-0.25, -0.2) is 14.2 Å². The van der Waals surface area contributed by atoms with Gasteiger partial charge in [-0.05, 0) is 29.6 Å². The lowest BCUT2D eigenvalue weighted by Gasteiger charge is -2.27. The van der Waals surface area contributed by atoms with Crippen molar-refractivity contribution in [2.24, 2.45) is 5.10 Å². The average molecular weight is 511 g/mol. The molecule has 0 saturated carbocycles. The van der Waals surface area contributed by atoms with E-state index in [0.29, 0.717) is 29.1 Å². The molecular formula is C26H27FN4O4S. The molecule has 36 heavy (non-hydrogen) atoms. The van der Waals surface area contributed by atoms with Gasteiger partial charge in [0.2, 0.25) is 0 Å². The average Bonchev–Trinajstić information content (AvgIpc) is 3.57. The Bertz CT molecular complexity index is 1230. The molecule has 0 saturated heterocycles. The summed E-state index contributed by atoms with van der Waals surface area (Å²) in [4.78, 5) is 28.9. The number of ether oxygens (including phenoxy) is 2. The van der Waals surface area contributed by atoms with Crippen LogP contribution in [0, 0.1) is 5.82 Å². The molecule has 2 heterocycles. The highest BCUT2D eigenvalue weighted by atomic mass is 32.1. The van der Waals surface area contributed by atoms with Gasteiger partial charge in [-0.15, -0.1) is 11.3 Å². The lowest BCUT2D eigenvalue weighted by molar-refractivity contribution is -0.133. The standard InChI is InChI=1S/C26H27FN4O4S/c1-34-14-13-30(26(33)28-20-10-5-6-11-23(20)35-2)17-25(32)31-22(18-8-3-4-9-19(18)27)16-21(29-31)24-12-7-15-36-24/h3-12,15,22H,13-14,16-17H2,1-2H3,(H,28,33). The quantitative estimate of drug-likeness (QED) is 0.450. The minimum atomic E-state index is -0.614. The first kappa shape index (κ1) is 25.3. The second-order valence-electron chi connectivity index (χ2n) is 8.05. The maximum Gasteiger partial charge on any atom is 0.322 e. The molecular weight excluding hydrogens is 483 g/mol. The molecule has 8 nitrogen and oxygen atoms in total. The summed E-state index contributed by atoms with van der Waals surface area (Å²) in [5.41, 5.74) is 1.56. The highest BCUT2D eigenvalue weighted by Crippen LogP contribution is 2.35.